The van der Waals surface area contributed by atoms with E-state index in [1.54, 1.807) is 0 Å². The third kappa shape index (κ3) is 5.39. The van der Waals surface area contributed by atoms with Crippen LogP contribution in [0.1, 0.15) is 59.3 Å². The molecule has 102 valence electrons. The molecule has 2 atom stereocenters. The molecule has 17 heavy (non-hydrogen) atoms. The summed E-state index contributed by atoms with van der Waals surface area (Å²) in [6.45, 7) is 9.34. The highest BCUT2D eigenvalue weighted by Crippen LogP contribution is 2.24. The van der Waals surface area contributed by atoms with E-state index in [-0.39, 0.29) is 0 Å². The number of nitrogens with zero attached hydrogens (tertiary/aromatic N) is 1. The van der Waals surface area contributed by atoms with E-state index in [2.05, 4.69) is 38.0 Å². The molecule has 1 saturated carbocycles. The van der Waals surface area contributed by atoms with Crippen molar-refractivity contribution < 1.29 is 0 Å². The summed E-state index contributed by atoms with van der Waals surface area (Å²) in [4.78, 5) is 2.56. The molecule has 1 aliphatic carbocycles. The summed E-state index contributed by atoms with van der Waals surface area (Å²) in [7, 11) is 2.30. The lowest BCUT2D eigenvalue weighted by molar-refractivity contribution is 0.166. The summed E-state index contributed by atoms with van der Waals surface area (Å²) in [5.74, 6) is 0.953. The fourth-order valence-corrected chi connectivity index (χ4v) is 2.87. The van der Waals surface area contributed by atoms with Crippen molar-refractivity contribution in [3.8, 4) is 0 Å². The first-order chi connectivity index (χ1) is 8.15. The van der Waals surface area contributed by atoms with Crippen molar-refractivity contribution >= 4 is 0 Å². The number of hydrogen-bond donors (Lipinski definition) is 1. The van der Waals surface area contributed by atoms with E-state index >= 15 is 0 Å². The Morgan fingerprint density at radius 2 is 1.82 bits per heavy atom. The van der Waals surface area contributed by atoms with E-state index in [1.807, 2.05) is 0 Å². The lowest BCUT2D eigenvalue weighted by Gasteiger charge is -2.34. The Balaban J connectivity index is 2.26. The molecule has 0 saturated heterocycles. The summed E-state index contributed by atoms with van der Waals surface area (Å²) in [5.41, 5.74) is 0. The molecule has 1 N–H and O–H groups in total. The SMILES string of the molecule is CCCNC(C)C(C)N(C)CC1CCCCC1. The van der Waals surface area contributed by atoms with Crippen molar-refractivity contribution in [2.75, 3.05) is 20.1 Å². The quantitative estimate of drug-likeness (QED) is 0.735. The van der Waals surface area contributed by atoms with Crippen LogP contribution in [0.15, 0.2) is 0 Å². The number of rotatable bonds is 7. The molecule has 0 aromatic rings. The Morgan fingerprint density at radius 3 is 2.41 bits per heavy atom. The zero-order valence-corrected chi connectivity index (χ0v) is 12.3. The van der Waals surface area contributed by atoms with Crippen molar-refractivity contribution in [1.29, 1.82) is 0 Å². The molecule has 1 rings (SSSR count). The van der Waals surface area contributed by atoms with Gasteiger partial charge >= 0.3 is 0 Å². The Labute approximate surface area is 108 Å². The molecule has 0 radical (unpaired) electrons. The largest absolute Gasteiger partial charge is 0.313 e. The summed E-state index contributed by atoms with van der Waals surface area (Å²) in [6.07, 6.45) is 8.50. The van der Waals surface area contributed by atoms with Gasteiger partial charge in [-0.2, -0.15) is 0 Å². The minimum absolute atomic E-state index is 0.601. The molecule has 0 aromatic carbocycles. The van der Waals surface area contributed by atoms with Gasteiger partial charge in [-0.05, 0) is 52.6 Å². The van der Waals surface area contributed by atoms with Crippen molar-refractivity contribution in [2.24, 2.45) is 5.92 Å². The van der Waals surface area contributed by atoms with E-state index in [9.17, 15) is 0 Å². The zero-order valence-electron chi connectivity index (χ0n) is 12.3. The van der Waals surface area contributed by atoms with Gasteiger partial charge in [0.1, 0.15) is 0 Å². The van der Waals surface area contributed by atoms with Crippen molar-refractivity contribution in [3.05, 3.63) is 0 Å². The van der Waals surface area contributed by atoms with Crippen LogP contribution >= 0.6 is 0 Å². The lowest BCUT2D eigenvalue weighted by atomic mass is 9.88. The normalized spacial score (nSPS) is 21.7. The molecule has 1 fully saturated rings. The van der Waals surface area contributed by atoms with E-state index in [4.69, 9.17) is 0 Å². The minimum atomic E-state index is 0.601. The second kappa shape index (κ2) is 8.10. The average Bonchev–Trinajstić information content (AvgIpc) is 2.36. The van der Waals surface area contributed by atoms with E-state index < -0.39 is 0 Å². The van der Waals surface area contributed by atoms with Crippen molar-refractivity contribution in [1.82, 2.24) is 10.2 Å². The second-order valence-corrected chi connectivity index (χ2v) is 5.93. The van der Waals surface area contributed by atoms with Gasteiger partial charge in [-0.3, -0.25) is 0 Å². The topological polar surface area (TPSA) is 15.3 Å². The Bertz CT molecular complexity index is 187. The van der Waals surface area contributed by atoms with Crippen LogP contribution in [0.25, 0.3) is 0 Å². The molecule has 0 bridgehead atoms. The van der Waals surface area contributed by atoms with Crippen LogP contribution in [0.4, 0.5) is 0 Å². The first-order valence-corrected chi connectivity index (χ1v) is 7.58. The molecule has 2 unspecified atom stereocenters. The Kier molecular flexibility index (Phi) is 7.14. The fraction of sp³-hybridized carbons (Fsp3) is 1.00. The summed E-state index contributed by atoms with van der Waals surface area (Å²) >= 11 is 0. The predicted molar refractivity (Wildman–Crippen MR) is 76.4 cm³/mol. The summed E-state index contributed by atoms with van der Waals surface area (Å²) in [6, 6.07) is 1.24. The van der Waals surface area contributed by atoms with Crippen LogP contribution in [0, 0.1) is 5.92 Å². The van der Waals surface area contributed by atoms with Crippen LogP contribution in [-0.4, -0.2) is 37.1 Å². The van der Waals surface area contributed by atoms with Gasteiger partial charge in [0.15, 0.2) is 0 Å². The van der Waals surface area contributed by atoms with Crippen LogP contribution in [0.3, 0.4) is 0 Å². The molecule has 2 heteroatoms. The van der Waals surface area contributed by atoms with Crippen LogP contribution in [0.2, 0.25) is 0 Å². The van der Waals surface area contributed by atoms with Gasteiger partial charge in [0.05, 0.1) is 0 Å². The summed E-state index contributed by atoms with van der Waals surface area (Å²) < 4.78 is 0. The molecule has 0 aliphatic heterocycles. The van der Waals surface area contributed by atoms with Crippen molar-refractivity contribution in [2.45, 2.75) is 71.4 Å². The highest BCUT2D eigenvalue weighted by molar-refractivity contribution is 4.78. The molecule has 0 spiro atoms. The third-order valence-electron chi connectivity index (χ3n) is 4.41. The maximum Gasteiger partial charge on any atom is 0.0215 e. The molecule has 1 aliphatic rings. The third-order valence-corrected chi connectivity index (χ3v) is 4.41. The van der Waals surface area contributed by atoms with E-state index in [0.29, 0.717) is 12.1 Å². The van der Waals surface area contributed by atoms with Gasteiger partial charge in [-0.1, -0.05) is 26.2 Å². The van der Waals surface area contributed by atoms with Gasteiger partial charge in [-0.15, -0.1) is 0 Å². The monoisotopic (exact) mass is 240 g/mol. The first kappa shape index (κ1) is 15.0. The minimum Gasteiger partial charge on any atom is -0.313 e. The molecule has 0 amide bonds. The van der Waals surface area contributed by atoms with Crippen LogP contribution in [0.5, 0.6) is 0 Å². The molecule has 0 heterocycles. The van der Waals surface area contributed by atoms with Crippen LogP contribution < -0.4 is 5.32 Å². The lowest BCUT2D eigenvalue weighted by Crippen LogP contribution is -2.47. The number of hydrogen-bond acceptors (Lipinski definition) is 2. The Hall–Kier alpha value is -0.0800. The standard InChI is InChI=1S/C15H32N2/c1-5-11-16-13(2)14(3)17(4)12-15-9-7-6-8-10-15/h13-16H,5-12H2,1-4H3. The molecule has 0 aromatic heterocycles. The second-order valence-electron chi connectivity index (χ2n) is 5.93. The fourth-order valence-electron chi connectivity index (χ4n) is 2.87. The maximum absolute atomic E-state index is 3.61. The van der Waals surface area contributed by atoms with Gasteiger partial charge in [0.2, 0.25) is 0 Å². The molecular weight excluding hydrogens is 208 g/mol. The smallest absolute Gasteiger partial charge is 0.0215 e. The highest BCUT2D eigenvalue weighted by atomic mass is 15.2. The van der Waals surface area contributed by atoms with E-state index in [0.717, 1.165) is 12.5 Å². The zero-order chi connectivity index (χ0) is 12.7. The predicted octanol–water partition coefficient (Wildman–Crippen LogP) is 3.28. The number of nitrogens with one attached hydrogen (secondary N) is 1. The van der Waals surface area contributed by atoms with Gasteiger partial charge < -0.3 is 10.2 Å². The average molecular weight is 240 g/mol. The van der Waals surface area contributed by atoms with Gasteiger partial charge in [0, 0.05) is 18.6 Å². The molecule has 2 nitrogen and oxygen atoms in total. The first-order valence-electron chi connectivity index (χ1n) is 7.58. The highest BCUT2D eigenvalue weighted by Gasteiger charge is 2.21. The maximum atomic E-state index is 3.61. The van der Waals surface area contributed by atoms with Gasteiger partial charge in [0.25, 0.3) is 0 Å². The molecular formula is C15H32N2. The van der Waals surface area contributed by atoms with Gasteiger partial charge in [-0.25, -0.2) is 0 Å². The van der Waals surface area contributed by atoms with Crippen molar-refractivity contribution in [3.63, 3.8) is 0 Å². The van der Waals surface area contributed by atoms with E-state index in [1.165, 1.54) is 45.1 Å². The van der Waals surface area contributed by atoms with Crippen LogP contribution in [-0.2, 0) is 0 Å². The number of likely N-dealkylation sites (N-methyl/N-ethyl adjacent to an activating group) is 1. The summed E-state index contributed by atoms with van der Waals surface area (Å²) in [5, 5.41) is 3.61. The Morgan fingerprint density at radius 1 is 1.18 bits per heavy atom.